The minimum Gasteiger partial charge on any atom is -0.378 e. The van der Waals surface area contributed by atoms with Crippen LogP contribution in [-0.2, 0) is 6.54 Å². The summed E-state index contributed by atoms with van der Waals surface area (Å²) in [6.45, 7) is 6.69. The monoisotopic (exact) mass is 445 g/mol. The van der Waals surface area contributed by atoms with Crippen molar-refractivity contribution in [1.29, 1.82) is 0 Å². The molecule has 2 atom stereocenters. The van der Waals surface area contributed by atoms with E-state index in [0.717, 1.165) is 47.1 Å². The average molecular weight is 446 g/mol. The number of unbranched alkanes of at least 4 members (excludes halogenated alkanes) is 2. The number of rotatable bonds is 8. The van der Waals surface area contributed by atoms with E-state index in [9.17, 15) is 4.79 Å². The molecule has 0 unspecified atom stereocenters. The van der Waals surface area contributed by atoms with E-state index in [1.807, 2.05) is 36.9 Å². The molecule has 0 N–H and O–H groups in total. The molecule has 2 aromatic carbocycles. The molecule has 0 radical (unpaired) electrons. The number of nitrogens with zero attached hydrogens (tertiary/aromatic N) is 3. The highest BCUT2D eigenvalue weighted by molar-refractivity contribution is 5.84. The number of pyridine rings is 1. The third kappa shape index (κ3) is 5.33. The van der Waals surface area contributed by atoms with E-state index < -0.39 is 0 Å². The molecule has 1 aromatic heterocycles. The van der Waals surface area contributed by atoms with E-state index in [0.29, 0.717) is 12.1 Å². The zero-order chi connectivity index (χ0) is 23.4. The largest absolute Gasteiger partial charge is 0.378 e. The highest BCUT2D eigenvalue weighted by Gasteiger charge is 2.23. The Labute approximate surface area is 198 Å². The molecule has 1 aliphatic heterocycles. The predicted octanol–water partition coefficient (Wildman–Crippen LogP) is 6.17. The summed E-state index contributed by atoms with van der Waals surface area (Å²) in [5, 5.41) is 1.12. The van der Waals surface area contributed by atoms with Crippen molar-refractivity contribution in [3.63, 3.8) is 0 Å². The number of hydrogen-bond donors (Lipinski definition) is 0. The Kier molecular flexibility index (Phi) is 7.54. The first-order chi connectivity index (χ1) is 16.0. The van der Waals surface area contributed by atoms with Crippen LogP contribution in [0.4, 0.5) is 5.69 Å². The van der Waals surface area contributed by atoms with Gasteiger partial charge in [-0.15, -0.1) is 0 Å². The Morgan fingerprint density at radius 2 is 1.61 bits per heavy atom. The second-order valence-corrected chi connectivity index (χ2v) is 9.95. The van der Waals surface area contributed by atoms with Crippen LogP contribution in [0.2, 0.25) is 0 Å². The maximum absolute atomic E-state index is 13.6. The number of para-hydroxylation sites is 1. The summed E-state index contributed by atoms with van der Waals surface area (Å²) in [5.74, 6) is 0. The van der Waals surface area contributed by atoms with Crippen molar-refractivity contribution in [1.82, 2.24) is 9.47 Å². The standard InChI is InChI=1S/C29H39N3O/c1-22-12-10-13-23(2)31(22)18-8-5-9-19-32-28-17-7-6-14-25(28)21-27(29(32)33)24-15-11-16-26(20-24)30(3)4/h6-7,11,14-17,20-23H,5,8-10,12-13,18-19H2,1-4H3/t22-,23+. The predicted molar refractivity (Wildman–Crippen MR) is 141 cm³/mol. The van der Waals surface area contributed by atoms with Gasteiger partial charge >= 0.3 is 0 Å². The van der Waals surface area contributed by atoms with Crippen LogP contribution in [0.3, 0.4) is 0 Å². The SMILES string of the molecule is C[C@@H]1CCC[C@H](C)N1CCCCCn1c(=O)c(-c2cccc(N(C)C)c2)cc2ccccc21. The summed E-state index contributed by atoms with van der Waals surface area (Å²) in [4.78, 5) is 18.4. The first-order valence-electron chi connectivity index (χ1n) is 12.6. The lowest BCUT2D eigenvalue weighted by Crippen LogP contribution is -2.44. The highest BCUT2D eigenvalue weighted by Crippen LogP contribution is 2.25. The van der Waals surface area contributed by atoms with Crippen LogP contribution in [0.5, 0.6) is 0 Å². The molecule has 3 aromatic rings. The van der Waals surface area contributed by atoms with Gasteiger partial charge in [-0.05, 0) is 81.3 Å². The van der Waals surface area contributed by atoms with E-state index >= 15 is 0 Å². The van der Waals surface area contributed by atoms with Gasteiger partial charge in [0.1, 0.15) is 0 Å². The van der Waals surface area contributed by atoms with E-state index in [-0.39, 0.29) is 5.56 Å². The van der Waals surface area contributed by atoms with Crippen LogP contribution < -0.4 is 10.5 Å². The zero-order valence-electron chi connectivity index (χ0n) is 20.8. The molecule has 1 saturated heterocycles. The van der Waals surface area contributed by atoms with Gasteiger partial charge in [-0.3, -0.25) is 9.69 Å². The summed E-state index contributed by atoms with van der Waals surface area (Å²) in [6.07, 6.45) is 7.40. The van der Waals surface area contributed by atoms with Crippen LogP contribution in [-0.4, -0.2) is 42.2 Å². The first-order valence-corrected chi connectivity index (χ1v) is 12.6. The molecule has 0 bridgehead atoms. The van der Waals surface area contributed by atoms with Gasteiger partial charge < -0.3 is 9.47 Å². The Hall–Kier alpha value is -2.59. The van der Waals surface area contributed by atoms with Crippen LogP contribution in [0, 0.1) is 0 Å². The van der Waals surface area contributed by atoms with Gasteiger partial charge in [0.15, 0.2) is 0 Å². The topological polar surface area (TPSA) is 28.5 Å². The van der Waals surface area contributed by atoms with Gasteiger partial charge in [-0.1, -0.05) is 43.2 Å². The van der Waals surface area contributed by atoms with Gasteiger partial charge in [-0.25, -0.2) is 0 Å². The second-order valence-electron chi connectivity index (χ2n) is 9.95. The van der Waals surface area contributed by atoms with Crippen molar-refractivity contribution in [3.05, 3.63) is 65.0 Å². The lowest BCUT2D eigenvalue weighted by Gasteiger charge is -2.39. The lowest BCUT2D eigenvalue weighted by molar-refractivity contribution is 0.101. The molecule has 4 heteroatoms. The van der Waals surface area contributed by atoms with Crippen molar-refractivity contribution < 1.29 is 0 Å². The quantitative estimate of drug-likeness (QED) is 0.388. The normalized spacial score (nSPS) is 19.2. The smallest absolute Gasteiger partial charge is 0.258 e. The fourth-order valence-corrected chi connectivity index (χ4v) is 5.36. The number of benzene rings is 2. The number of aryl methyl sites for hydroxylation is 1. The summed E-state index contributed by atoms with van der Waals surface area (Å²) >= 11 is 0. The fraction of sp³-hybridized carbons (Fsp3) is 0.483. The number of anilines is 1. The molecular weight excluding hydrogens is 406 g/mol. The number of fused-ring (bicyclic) bond motifs is 1. The first kappa shape index (κ1) is 23.6. The molecule has 2 heterocycles. The van der Waals surface area contributed by atoms with Gasteiger partial charge in [0.25, 0.3) is 5.56 Å². The van der Waals surface area contributed by atoms with Crippen LogP contribution in [0.15, 0.2) is 59.4 Å². The van der Waals surface area contributed by atoms with Gasteiger partial charge in [0.2, 0.25) is 0 Å². The molecule has 33 heavy (non-hydrogen) atoms. The van der Waals surface area contributed by atoms with Crippen LogP contribution >= 0.6 is 0 Å². The number of piperidine rings is 1. The third-order valence-corrected chi connectivity index (χ3v) is 7.35. The summed E-state index contributed by atoms with van der Waals surface area (Å²) in [7, 11) is 4.06. The molecule has 0 saturated carbocycles. The number of hydrogen-bond acceptors (Lipinski definition) is 3. The number of likely N-dealkylation sites (tertiary alicyclic amines) is 1. The Balaban J connectivity index is 1.52. The summed E-state index contributed by atoms with van der Waals surface area (Å²) in [5.41, 5.74) is 4.02. The molecule has 0 spiro atoms. The average Bonchev–Trinajstić information content (AvgIpc) is 2.81. The summed E-state index contributed by atoms with van der Waals surface area (Å²) in [6, 6.07) is 20.0. The van der Waals surface area contributed by atoms with E-state index in [2.05, 4.69) is 60.0 Å². The van der Waals surface area contributed by atoms with Crippen molar-refractivity contribution in [3.8, 4) is 11.1 Å². The second kappa shape index (κ2) is 10.6. The minimum atomic E-state index is 0.114. The fourth-order valence-electron chi connectivity index (χ4n) is 5.36. The summed E-state index contributed by atoms with van der Waals surface area (Å²) < 4.78 is 2.00. The van der Waals surface area contributed by atoms with Gasteiger partial charge in [-0.2, -0.15) is 0 Å². The van der Waals surface area contributed by atoms with Crippen molar-refractivity contribution >= 4 is 16.6 Å². The number of aromatic nitrogens is 1. The Morgan fingerprint density at radius 1 is 0.879 bits per heavy atom. The molecule has 4 nitrogen and oxygen atoms in total. The minimum absolute atomic E-state index is 0.114. The molecule has 4 rings (SSSR count). The maximum atomic E-state index is 13.6. The Morgan fingerprint density at radius 3 is 2.36 bits per heavy atom. The van der Waals surface area contributed by atoms with Crippen molar-refractivity contribution in [2.75, 3.05) is 25.5 Å². The van der Waals surface area contributed by atoms with E-state index in [4.69, 9.17) is 0 Å². The van der Waals surface area contributed by atoms with E-state index in [1.54, 1.807) is 0 Å². The van der Waals surface area contributed by atoms with Crippen LogP contribution in [0.25, 0.3) is 22.0 Å². The molecule has 0 aliphatic carbocycles. The van der Waals surface area contributed by atoms with Gasteiger partial charge in [0, 0.05) is 44.0 Å². The molecule has 1 aliphatic rings. The zero-order valence-corrected chi connectivity index (χ0v) is 20.8. The van der Waals surface area contributed by atoms with E-state index in [1.165, 1.54) is 32.2 Å². The third-order valence-electron chi connectivity index (χ3n) is 7.35. The molecule has 1 fully saturated rings. The van der Waals surface area contributed by atoms with Crippen molar-refractivity contribution in [2.45, 2.75) is 71.0 Å². The Bertz CT molecular complexity index is 1120. The van der Waals surface area contributed by atoms with Gasteiger partial charge in [0.05, 0.1) is 5.52 Å². The molecule has 0 amide bonds. The molecular formula is C29H39N3O. The lowest BCUT2D eigenvalue weighted by atomic mass is 9.97. The molecule has 176 valence electrons. The van der Waals surface area contributed by atoms with Crippen molar-refractivity contribution in [2.24, 2.45) is 0 Å². The maximum Gasteiger partial charge on any atom is 0.258 e. The highest BCUT2D eigenvalue weighted by atomic mass is 16.1. The van der Waals surface area contributed by atoms with Crippen LogP contribution in [0.1, 0.15) is 52.4 Å².